The standard InChI is InChI=1S/C25H30O2P/c1-24(2,26)25(3,4)27-20-28(21-14-8-5-9-15-21,22-16-10-6-11-17-22)23-18-12-7-13-19-23/h5-19,26H,20H2,1-4H3/q+1. The third-order valence-corrected chi connectivity index (χ3v) is 9.74. The zero-order valence-electron chi connectivity index (χ0n) is 17.2. The topological polar surface area (TPSA) is 29.5 Å². The van der Waals surface area contributed by atoms with Crippen molar-refractivity contribution in [2.45, 2.75) is 38.9 Å². The third-order valence-electron chi connectivity index (χ3n) is 5.68. The molecular formula is C25H30O2P+. The van der Waals surface area contributed by atoms with Crippen LogP contribution >= 0.6 is 7.26 Å². The zero-order valence-corrected chi connectivity index (χ0v) is 18.1. The van der Waals surface area contributed by atoms with Gasteiger partial charge in [0.1, 0.15) is 23.2 Å². The molecule has 0 saturated carbocycles. The molecule has 0 heterocycles. The van der Waals surface area contributed by atoms with E-state index in [1.54, 1.807) is 13.8 Å². The number of benzene rings is 3. The Kier molecular flexibility index (Phi) is 6.05. The molecule has 3 aromatic carbocycles. The van der Waals surface area contributed by atoms with E-state index in [9.17, 15) is 5.11 Å². The zero-order chi connectivity index (χ0) is 20.3. The van der Waals surface area contributed by atoms with Crippen molar-refractivity contribution in [2.75, 3.05) is 6.35 Å². The fourth-order valence-electron chi connectivity index (χ4n) is 3.15. The molecule has 3 rings (SSSR count). The van der Waals surface area contributed by atoms with Crippen LogP contribution in [0.1, 0.15) is 27.7 Å². The van der Waals surface area contributed by atoms with Crippen molar-refractivity contribution in [3.05, 3.63) is 91.0 Å². The van der Waals surface area contributed by atoms with E-state index in [0.29, 0.717) is 6.35 Å². The molecule has 0 fully saturated rings. The lowest BCUT2D eigenvalue weighted by Gasteiger charge is -2.39. The average Bonchev–Trinajstić information content (AvgIpc) is 2.70. The first-order chi connectivity index (χ1) is 13.3. The van der Waals surface area contributed by atoms with Crippen molar-refractivity contribution in [3.8, 4) is 0 Å². The Hall–Kier alpha value is -1.99. The van der Waals surface area contributed by atoms with Gasteiger partial charge in [-0.1, -0.05) is 54.6 Å². The Morgan fingerprint density at radius 3 is 1.25 bits per heavy atom. The molecule has 0 radical (unpaired) electrons. The van der Waals surface area contributed by atoms with Crippen LogP contribution in [0.3, 0.4) is 0 Å². The van der Waals surface area contributed by atoms with Crippen LogP contribution in [-0.2, 0) is 4.74 Å². The molecule has 0 saturated heterocycles. The summed E-state index contributed by atoms with van der Waals surface area (Å²) < 4.78 is 6.52. The van der Waals surface area contributed by atoms with E-state index < -0.39 is 18.5 Å². The Labute approximate surface area is 169 Å². The second-order valence-corrected chi connectivity index (χ2v) is 11.6. The normalized spacial score (nSPS) is 12.8. The first-order valence-electron chi connectivity index (χ1n) is 9.69. The molecular weight excluding hydrogens is 363 g/mol. The van der Waals surface area contributed by atoms with Gasteiger partial charge in [-0.05, 0) is 64.1 Å². The van der Waals surface area contributed by atoms with Crippen molar-refractivity contribution in [3.63, 3.8) is 0 Å². The van der Waals surface area contributed by atoms with E-state index in [4.69, 9.17) is 4.74 Å². The Balaban J connectivity index is 2.20. The van der Waals surface area contributed by atoms with Crippen LogP contribution in [0.25, 0.3) is 0 Å². The summed E-state index contributed by atoms with van der Waals surface area (Å²) in [7, 11) is -2.05. The highest BCUT2D eigenvalue weighted by Gasteiger charge is 2.48. The fraction of sp³-hybridized carbons (Fsp3) is 0.280. The van der Waals surface area contributed by atoms with Crippen LogP contribution < -0.4 is 15.9 Å². The van der Waals surface area contributed by atoms with Crippen LogP contribution in [0, 0.1) is 0 Å². The molecule has 0 bridgehead atoms. The summed E-state index contributed by atoms with van der Waals surface area (Å²) >= 11 is 0. The minimum Gasteiger partial charge on any atom is -0.387 e. The highest BCUT2D eigenvalue weighted by atomic mass is 31.2. The smallest absolute Gasteiger partial charge is 0.172 e. The largest absolute Gasteiger partial charge is 0.387 e. The number of ether oxygens (including phenoxy) is 1. The molecule has 3 aromatic rings. The maximum Gasteiger partial charge on any atom is 0.172 e. The molecule has 0 atom stereocenters. The molecule has 28 heavy (non-hydrogen) atoms. The van der Waals surface area contributed by atoms with Gasteiger partial charge in [0.2, 0.25) is 0 Å². The maximum atomic E-state index is 10.6. The van der Waals surface area contributed by atoms with E-state index in [1.807, 2.05) is 13.8 Å². The molecule has 146 valence electrons. The molecule has 0 amide bonds. The van der Waals surface area contributed by atoms with E-state index in [0.717, 1.165) is 0 Å². The van der Waals surface area contributed by atoms with E-state index in [-0.39, 0.29) is 0 Å². The van der Waals surface area contributed by atoms with Crippen molar-refractivity contribution in [1.29, 1.82) is 0 Å². The lowest BCUT2D eigenvalue weighted by Crippen LogP contribution is -2.49. The SMILES string of the molecule is CC(C)(O)C(C)(C)OC[P+](c1ccccc1)(c1ccccc1)c1ccccc1. The molecule has 0 spiro atoms. The predicted octanol–water partition coefficient (Wildman–Crippen LogP) is 4.50. The van der Waals surface area contributed by atoms with Gasteiger partial charge < -0.3 is 9.84 Å². The molecule has 0 aliphatic rings. The van der Waals surface area contributed by atoms with E-state index in [2.05, 4.69) is 91.0 Å². The third kappa shape index (κ3) is 4.05. The number of hydrogen-bond donors (Lipinski definition) is 1. The summed E-state index contributed by atoms with van der Waals surface area (Å²) in [6, 6.07) is 31.9. The molecule has 0 aromatic heterocycles. The van der Waals surface area contributed by atoms with Crippen LogP contribution in [-0.4, -0.2) is 22.7 Å². The van der Waals surface area contributed by atoms with Gasteiger partial charge in [0.15, 0.2) is 6.35 Å². The summed E-state index contributed by atoms with van der Waals surface area (Å²) in [4.78, 5) is 0. The van der Waals surface area contributed by atoms with Gasteiger partial charge >= 0.3 is 0 Å². The van der Waals surface area contributed by atoms with Crippen molar-refractivity contribution >= 4 is 23.2 Å². The van der Waals surface area contributed by atoms with Crippen molar-refractivity contribution < 1.29 is 9.84 Å². The molecule has 3 heteroatoms. The van der Waals surface area contributed by atoms with Gasteiger partial charge in [0.25, 0.3) is 0 Å². The van der Waals surface area contributed by atoms with Gasteiger partial charge in [-0.15, -0.1) is 0 Å². The van der Waals surface area contributed by atoms with E-state index in [1.165, 1.54) is 15.9 Å². The lowest BCUT2D eigenvalue weighted by molar-refractivity contribution is -0.135. The highest BCUT2D eigenvalue weighted by Crippen LogP contribution is 2.56. The first-order valence-corrected chi connectivity index (χ1v) is 11.7. The second kappa shape index (κ2) is 8.17. The monoisotopic (exact) mass is 393 g/mol. The van der Waals surface area contributed by atoms with Crippen LogP contribution in [0.4, 0.5) is 0 Å². The quantitative estimate of drug-likeness (QED) is 0.599. The van der Waals surface area contributed by atoms with Gasteiger partial charge in [0, 0.05) is 0 Å². The van der Waals surface area contributed by atoms with Gasteiger partial charge in [0.05, 0.1) is 11.2 Å². The van der Waals surface area contributed by atoms with Crippen LogP contribution in [0.5, 0.6) is 0 Å². The summed E-state index contributed by atoms with van der Waals surface area (Å²) in [5.74, 6) is 0. The fourth-order valence-corrected chi connectivity index (χ4v) is 7.05. The second-order valence-electron chi connectivity index (χ2n) is 8.16. The van der Waals surface area contributed by atoms with Crippen LogP contribution in [0.15, 0.2) is 91.0 Å². The van der Waals surface area contributed by atoms with Crippen molar-refractivity contribution in [2.24, 2.45) is 0 Å². The van der Waals surface area contributed by atoms with Gasteiger partial charge in [-0.2, -0.15) is 0 Å². The summed E-state index contributed by atoms with van der Waals surface area (Å²) in [5, 5.41) is 14.5. The summed E-state index contributed by atoms with van der Waals surface area (Å²) in [5.41, 5.74) is -1.64. The Morgan fingerprint density at radius 1 is 0.643 bits per heavy atom. The first kappa shape index (κ1) is 20.7. The highest BCUT2D eigenvalue weighted by molar-refractivity contribution is 7.95. The number of aliphatic hydroxyl groups is 1. The number of rotatable bonds is 7. The molecule has 2 nitrogen and oxygen atoms in total. The lowest BCUT2D eigenvalue weighted by atomic mass is 9.90. The summed E-state index contributed by atoms with van der Waals surface area (Å²) in [6.07, 6.45) is 0.530. The van der Waals surface area contributed by atoms with Crippen LogP contribution in [0.2, 0.25) is 0 Å². The molecule has 0 aliphatic carbocycles. The Morgan fingerprint density at radius 2 is 0.964 bits per heavy atom. The van der Waals surface area contributed by atoms with Crippen molar-refractivity contribution in [1.82, 2.24) is 0 Å². The number of hydrogen-bond acceptors (Lipinski definition) is 2. The van der Waals surface area contributed by atoms with E-state index >= 15 is 0 Å². The molecule has 1 N–H and O–H groups in total. The van der Waals surface area contributed by atoms with Gasteiger partial charge in [-0.25, -0.2) is 0 Å². The maximum absolute atomic E-state index is 10.6. The molecule has 0 aliphatic heterocycles. The van der Waals surface area contributed by atoms with Gasteiger partial charge in [-0.3, -0.25) is 0 Å². The minimum atomic E-state index is -2.05. The minimum absolute atomic E-state index is 0.530. The average molecular weight is 393 g/mol. The Bertz CT molecular complexity index is 772. The molecule has 0 unspecified atom stereocenters. The predicted molar refractivity (Wildman–Crippen MR) is 121 cm³/mol. The summed E-state index contributed by atoms with van der Waals surface area (Å²) in [6.45, 7) is 7.53.